The van der Waals surface area contributed by atoms with Gasteiger partial charge in [0.15, 0.2) is 0 Å². The molecule has 5 heteroatoms. The lowest BCUT2D eigenvalue weighted by atomic mass is 10.2. The third-order valence-corrected chi connectivity index (χ3v) is 3.43. The first kappa shape index (κ1) is 10.4. The zero-order chi connectivity index (χ0) is 10.7. The van der Waals surface area contributed by atoms with E-state index in [0.717, 1.165) is 17.9 Å². The maximum Gasteiger partial charge on any atom is 0.256 e. The first-order valence-electron chi connectivity index (χ1n) is 4.76. The molecule has 0 aliphatic carbocycles. The Morgan fingerprint density at radius 3 is 3.20 bits per heavy atom. The van der Waals surface area contributed by atoms with E-state index in [1.165, 1.54) is 12.3 Å². The van der Waals surface area contributed by atoms with Gasteiger partial charge in [-0.15, -0.1) is 0 Å². The van der Waals surface area contributed by atoms with Gasteiger partial charge in [-0.3, -0.25) is 4.79 Å². The molecule has 1 saturated heterocycles. The molecule has 80 valence electrons. The Bertz CT molecular complexity index is 366. The summed E-state index contributed by atoms with van der Waals surface area (Å²) in [4.78, 5) is 15.1. The molecule has 0 bridgehead atoms. The van der Waals surface area contributed by atoms with Gasteiger partial charge in [0, 0.05) is 18.0 Å². The first-order valence-corrected chi connectivity index (χ1v) is 5.92. The second kappa shape index (κ2) is 4.61. The summed E-state index contributed by atoms with van der Waals surface area (Å²) in [6, 6.07) is 3.17. The summed E-state index contributed by atoms with van der Waals surface area (Å²) >= 11 is 1.80. The zero-order valence-corrected chi connectivity index (χ0v) is 8.89. The minimum absolute atomic E-state index is 0.0226. The van der Waals surface area contributed by atoms with Crippen molar-refractivity contribution in [1.29, 1.82) is 0 Å². The standard InChI is InChI=1S/C10H11FN2OS/c11-9-8(2-1-4-12-9)10(14)13-7-3-5-15-6-7/h1-2,4,7H,3,5-6H2,(H,13,14). The van der Waals surface area contributed by atoms with Crippen molar-refractivity contribution >= 4 is 17.7 Å². The molecule has 0 spiro atoms. The Balaban J connectivity index is 2.04. The molecule has 15 heavy (non-hydrogen) atoms. The van der Waals surface area contributed by atoms with E-state index in [-0.39, 0.29) is 17.5 Å². The van der Waals surface area contributed by atoms with Gasteiger partial charge in [-0.2, -0.15) is 16.2 Å². The van der Waals surface area contributed by atoms with E-state index in [4.69, 9.17) is 0 Å². The van der Waals surface area contributed by atoms with Crippen molar-refractivity contribution in [3.63, 3.8) is 0 Å². The third-order valence-electron chi connectivity index (χ3n) is 2.27. The molecule has 1 aliphatic heterocycles. The van der Waals surface area contributed by atoms with Gasteiger partial charge in [-0.25, -0.2) is 4.98 Å². The van der Waals surface area contributed by atoms with Crippen LogP contribution in [0.1, 0.15) is 16.8 Å². The minimum atomic E-state index is -0.708. The fourth-order valence-corrected chi connectivity index (χ4v) is 2.62. The van der Waals surface area contributed by atoms with Crippen LogP contribution in [0.5, 0.6) is 0 Å². The predicted octanol–water partition coefficient (Wildman–Crippen LogP) is 1.46. The van der Waals surface area contributed by atoms with Gasteiger partial charge < -0.3 is 5.32 Å². The Morgan fingerprint density at radius 1 is 1.67 bits per heavy atom. The van der Waals surface area contributed by atoms with E-state index in [9.17, 15) is 9.18 Å². The number of nitrogens with zero attached hydrogens (tertiary/aromatic N) is 1. The number of hydrogen-bond donors (Lipinski definition) is 1. The van der Waals surface area contributed by atoms with E-state index in [1.54, 1.807) is 17.8 Å². The number of pyridine rings is 1. The smallest absolute Gasteiger partial charge is 0.256 e. The van der Waals surface area contributed by atoms with E-state index in [0.29, 0.717) is 0 Å². The van der Waals surface area contributed by atoms with Crippen molar-refractivity contribution < 1.29 is 9.18 Å². The molecule has 1 N–H and O–H groups in total. The molecule has 1 aromatic rings. The summed E-state index contributed by atoms with van der Waals surface area (Å²) in [7, 11) is 0. The van der Waals surface area contributed by atoms with E-state index < -0.39 is 5.95 Å². The summed E-state index contributed by atoms with van der Waals surface area (Å²) in [6.45, 7) is 0. The van der Waals surface area contributed by atoms with Gasteiger partial charge in [-0.05, 0) is 24.3 Å². The minimum Gasteiger partial charge on any atom is -0.348 e. The average molecular weight is 226 g/mol. The van der Waals surface area contributed by atoms with Crippen LogP contribution in [0.15, 0.2) is 18.3 Å². The maximum atomic E-state index is 13.1. The molecule has 1 atom stereocenters. The van der Waals surface area contributed by atoms with Gasteiger partial charge in [-0.1, -0.05) is 0 Å². The molecule has 0 radical (unpaired) electrons. The van der Waals surface area contributed by atoms with Gasteiger partial charge >= 0.3 is 0 Å². The number of aromatic nitrogens is 1. The molecule has 1 fully saturated rings. The molecule has 3 nitrogen and oxygen atoms in total. The fourth-order valence-electron chi connectivity index (χ4n) is 1.47. The molecular weight excluding hydrogens is 215 g/mol. The lowest BCUT2D eigenvalue weighted by Crippen LogP contribution is -2.35. The summed E-state index contributed by atoms with van der Waals surface area (Å²) < 4.78 is 13.1. The fraction of sp³-hybridized carbons (Fsp3) is 0.400. The van der Waals surface area contributed by atoms with Crippen LogP contribution in [0.4, 0.5) is 4.39 Å². The van der Waals surface area contributed by atoms with Crippen molar-refractivity contribution in [3.05, 3.63) is 29.8 Å². The Kier molecular flexibility index (Phi) is 3.20. The third kappa shape index (κ3) is 2.47. The normalized spacial score (nSPS) is 20.2. The van der Waals surface area contributed by atoms with Crippen LogP contribution < -0.4 is 5.32 Å². The number of carbonyl (C=O) groups excluding carboxylic acids is 1. The largest absolute Gasteiger partial charge is 0.348 e. The summed E-state index contributed by atoms with van der Waals surface area (Å²) in [5.74, 6) is 0.891. The number of amides is 1. The van der Waals surface area contributed by atoms with Gasteiger partial charge in [0.1, 0.15) is 0 Å². The highest BCUT2D eigenvalue weighted by Crippen LogP contribution is 2.17. The van der Waals surface area contributed by atoms with Crippen LogP contribution in [0, 0.1) is 5.95 Å². The average Bonchev–Trinajstić information content (AvgIpc) is 2.71. The topological polar surface area (TPSA) is 42.0 Å². The molecular formula is C10H11FN2OS. The van der Waals surface area contributed by atoms with Gasteiger partial charge in [0.25, 0.3) is 5.91 Å². The van der Waals surface area contributed by atoms with Crippen LogP contribution in [0.3, 0.4) is 0 Å². The summed E-state index contributed by atoms with van der Waals surface area (Å²) in [6.07, 6.45) is 2.29. The monoisotopic (exact) mass is 226 g/mol. The number of thioether (sulfide) groups is 1. The van der Waals surface area contributed by atoms with Crippen molar-refractivity contribution in [2.75, 3.05) is 11.5 Å². The van der Waals surface area contributed by atoms with Crippen LogP contribution in [-0.2, 0) is 0 Å². The van der Waals surface area contributed by atoms with E-state index in [2.05, 4.69) is 10.3 Å². The van der Waals surface area contributed by atoms with Crippen molar-refractivity contribution in [2.24, 2.45) is 0 Å². The Morgan fingerprint density at radius 2 is 2.53 bits per heavy atom. The highest BCUT2D eigenvalue weighted by Gasteiger charge is 2.20. The first-order chi connectivity index (χ1) is 7.27. The lowest BCUT2D eigenvalue weighted by molar-refractivity contribution is 0.0936. The number of rotatable bonds is 2. The highest BCUT2D eigenvalue weighted by molar-refractivity contribution is 7.99. The molecule has 1 amide bonds. The van der Waals surface area contributed by atoms with Crippen molar-refractivity contribution in [2.45, 2.75) is 12.5 Å². The number of halogens is 1. The molecule has 2 heterocycles. The highest BCUT2D eigenvalue weighted by atomic mass is 32.2. The molecule has 2 rings (SSSR count). The summed E-state index contributed by atoms with van der Waals surface area (Å²) in [5, 5.41) is 2.80. The molecule has 1 aliphatic rings. The van der Waals surface area contributed by atoms with Crippen LogP contribution >= 0.6 is 11.8 Å². The lowest BCUT2D eigenvalue weighted by Gasteiger charge is -2.10. The van der Waals surface area contributed by atoms with Crippen LogP contribution in [0.2, 0.25) is 0 Å². The van der Waals surface area contributed by atoms with Crippen LogP contribution in [-0.4, -0.2) is 28.4 Å². The number of carbonyl (C=O) groups is 1. The predicted molar refractivity (Wildman–Crippen MR) is 57.4 cm³/mol. The molecule has 1 aromatic heterocycles. The van der Waals surface area contributed by atoms with E-state index in [1.807, 2.05) is 0 Å². The number of nitrogens with one attached hydrogen (secondary N) is 1. The number of hydrogen-bond acceptors (Lipinski definition) is 3. The Labute approximate surface area is 91.5 Å². The van der Waals surface area contributed by atoms with E-state index >= 15 is 0 Å². The molecule has 1 unspecified atom stereocenters. The van der Waals surface area contributed by atoms with Crippen molar-refractivity contribution in [3.8, 4) is 0 Å². The van der Waals surface area contributed by atoms with Gasteiger partial charge in [0.2, 0.25) is 5.95 Å². The second-order valence-electron chi connectivity index (χ2n) is 3.38. The van der Waals surface area contributed by atoms with Gasteiger partial charge in [0.05, 0.1) is 5.56 Å². The van der Waals surface area contributed by atoms with Crippen molar-refractivity contribution in [1.82, 2.24) is 10.3 Å². The quantitative estimate of drug-likeness (QED) is 0.776. The zero-order valence-electron chi connectivity index (χ0n) is 8.07. The molecule has 0 aromatic carbocycles. The maximum absolute atomic E-state index is 13.1. The SMILES string of the molecule is O=C(NC1CCSC1)c1cccnc1F. The Hall–Kier alpha value is -1.10. The van der Waals surface area contributed by atoms with Crippen LogP contribution in [0.25, 0.3) is 0 Å². The molecule has 0 saturated carbocycles. The second-order valence-corrected chi connectivity index (χ2v) is 4.53. The summed E-state index contributed by atoms with van der Waals surface area (Å²) in [5.41, 5.74) is 0.0226.